The van der Waals surface area contributed by atoms with E-state index in [2.05, 4.69) is 242 Å². The van der Waals surface area contributed by atoms with Crippen molar-refractivity contribution >= 4 is 71.6 Å². The molecule has 0 atom stereocenters. The van der Waals surface area contributed by atoms with Crippen molar-refractivity contribution in [3.63, 3.8) is 0 Å². The lowest BCUT2D eigenvalue weighted by Gasteiger charge is -2.29. The summed E-state index contributed by atoms with van der Waals surface area (Å²) in [5, 5.41) is 7.18. The summed E-state index contributed by atoms with van der Waals surface area (Å²) < 4.78 is 9.28. The zero-order valence-electron chi connectivity index (χ0n) is 35.6. The molecule has 1 aliphatic rings. The lowest BCUT2D eigenvalue weighted by Crippen LogP contribution is -2.16. The van der Waals surface area contributed by atoms with Crippen molar-refractivity contribution in [3.05, 3.63) is 230 Å². The van der Waals surface area contributed by atoms with Crippen molar-refractivity contribution in [3.8, 4) is 39.1 Å². The summed E-state index contributed by atoms with van der Waals surface area (Å²) in [6.07, 6.45) is 0. The van der Waals surface area contributed by atoms with E-state index < -0.39 is 0 Å². The van der Waals surface area contributed by atoms with Crippen LogP contribution in [0.2, 0.25) is 0 Å². The second-order valence-electron chi connectivity index (χ2n) is 17.7. The monoisotopic (exact) mass is 818 g/mol. The van der Waals surface area contributed by atoms with Gasteiger partial charge in [0.05, 0.1) is 22.4 Å². The number of benzene rings is 10. The van der Waals surface area contributed by atoms with Crippen LogP contribution in [0.4, 0.5) is 17.1 Å². The molecule has 0 bridgehead atoms. The van der Waals surface area contributed by atoms with Gasteiger partial charge in [-0.15, -0.1) is 0 Å². The molecule has 2 heterocycles. The third-order valence-corrected chi connectivity index (χ3v) is 13.8. The van der Waals surface area contributed by atoms with E-state index >= 15 is 0 Å². The van der Waals surface area contributed by atoms with Gasteiger partial charge in [-0.3, -0.25) is 0 Å². The zero-order chi connectivity index (χ0) is 42.5. The molecule has 3 heteroatoms. The van der Waals surface area contributed by atoms with Crippen molar-refractivity contribution in [2.45, 2.75) is 19.3 Å². The minimum absolute atomic E-state index is 0.138. The number of hydrogen-bond donors (Lipinski definition) is 0. The van der Waals surface area contributed by atoms with Gasteiger partial charge in [-0.25, -0.2) is 0 Å². The Kier molecular flexibility index (Phi) is 7.95. The van der Waals surface area contributed by atoms with Crippen molar-refractivity contribution < 1.29 is 4.42 Å². The predicted molar refractivity (Wildman–Crippen MR) is 269 cm³/mol. The van der Waals surface area contributed by atoms with Gasteiger partial charge in [-0.1, -0.05) is 172 Å². The molecule has 0 saturated heterocycles. The first-order chi connectivity index (χ1) is 31.5. The normalized spacial score (nSPS) is 13.0. The first-order valence-corrected chi connectivity index (χ1v) is 22.2. The van der Waals surface area contributed by atoms with E-state index in [0.717, 1.165) is 44.6 Å². The molecule has 12 aromatic rings. The van der Waals surface area contributed by atoms with Crippen molar-refractivity contribution in [1.29, 1.82) is 0 Å². The van der Waals surface area contributed by atoms with Crippen LogP contribution in [0.25, 0.3) is 93.6 Å². The molecular formula is C61H42N2O. The van der Waals surface area contributed by atoms with Crippen molar-refractivity contribution in [2.75, 3.05) is 4.90 Å². The lowest BCUT2D eigenvalue weighted by molar-refractivity contribution is 0.660. The maximum Gasteiger partial charge on any atom is 0.159 e. The van der Waals surface area contributed by atoms with Gasteiger partial charge in [0.1, 0.15) is 5.58 Å². The second-order valence-corrected chi connectivity index (χ2v) is 17.7. The van der Waals surface area contributed by atoms with E-state index in [-0.39, 0.29) is 5.41 Å². The average Bonchev–Trinajstić information content (AvgIpc) is 3.98. The molecule has 1 aliphatic carbocycles. The largest absolute Gasteiger partial charge is 0.454 e. The fourth-order valence-corrected chi connectivity index (χ4v) is 10.7. The molecule has 64 heavy (non-hydrogen) atoms. The standard InChI is InChI=1S/C61H42N2O/c1-61(2)51-21-10-8-19-48(51)59-52(61)22-13-24-55(59)63(56-25-12-20-49-58-46-17-7-6-14-42(46)33-37-57(58)64-60(49)56)45-34-30-40(31-35-45)39-26-28-41(29-27-39)43-32-36-54-50(38-43)47-18-9-11-23-53(47)62(54)44-15-4-3-5-16-44/h3-38H,1-2H3. The van der Waals surface area contributed by atoms with Crippen molar-refractivity contribution in [1.82, 2.24) is 4.57 Å². The quantitative estimate of drug-likeness (QED) is 0.167. The first-order valence-electron chi connectivity index (χ1n) is 22.2. The van der Waals surface area contributed by atoms with Gasteiger partial charge in [0.2, 0.25) is 0 Å². The Hall–Kier alpha value is -8.14. The Balaban J connectivity index is 0.919. The lowest BCUT2D eigenvalue weighted by atomic mass is 9.82. The van der Waals surface area contributed by atoms with Gasteiger partial charge in [0, 0.05) is 43.9 Å². The summed E-state index contributed by atoms with van der Waals surface area (Å²) in [5.41, 5.74) is 18.4. The third-order valence-electron chi connectivity index (χ3n) is 13.8. The highest BCUT2D eigenvalue weighted by molar-refractivity contribution is 6.21. The number of aromatic nitrogens is 1. The molecular weight excluding hydrogens is 777 g/mol. The van der Waals surface area contributed by atoms with Crippen LogP contribution in [-0.2, 0) is 5.41 Å². The van der Waals surface area contributed by atoms with Gasteiger partial charge in [0.15, 0.2) is 5.58 Å². The number of furan rings is 1. The van der Waals surface area contributed by atoms with Crippen LogP contribution in [0.15, 0.2) is 223 Å². The molecule has 3 nitrogen and oxygen atoms in total. The predicted octanol–water partition coefficient (Wildman–Crippen LogP) is 16.9. The molecule has 0 amide bonds. The summed E-state index contributed by atoms with van der Waals surface area (Å²) in [6, 6.07) is 79.5. The number of fused-ring (bicyclic) bond motifs is 11. The smallest absolute Gasteiger partial charge is 0.159 e. The van der Waals surface area contributed by atoms with E-state index in [0.29, 0.717) is 0 Å². The van der Waals surface area contributed by atoms with Gasteiger partial charge in [0.25, 0.3) is 0 Å². The van der Waals surface area contributed by atoms with Crippen LogP contribution >= 0.6 is 0 Å². The Labute approximate surface area is 371 Å². The first kappa shape index (κ1) is 36.5. The Bertz CT molecular complexity index is 3800. The van der Waals surface area contributed by atoms with Gasteiger partial charge in [-0.05, 0) is 110 Å². The molecule has 0 radical (unpaired) electrons. The number of para-hydroxylation sites is 3. The molecule has 302 valence electrons. The van der Waals surface area contributed by atoms with Gasteiger partial charge >= 0.3 is 0 Å². The molecule has 10 aromatic carbocycles. The van der Waals surface area contributed by atoms with Crippen LogP contribution in [0.1, 0.15) is 25.0 Å². The summed E-state index contributed by atoms with van der Waals surface area (Å²) in [4.78, 5) is 2.42. The van der Waals surface area contributed by atoms with Crippen molar-refractivity contribution in [2.24, 2.45) is 0 Å². The fourth-order valence-electron chi connectivity index (χ4n) is 10.7. The van der Waals surface area contributed by atoms with E-state index in [1.807, 2.05) is 0 Å². The maximum atomic E-state index is 6.91. The van der Waals surface area contributed by atoms with E-state index in [1.165, 1.54) is 77.2 Å². The third kappa shape index (κ3) is 5.41. The SMILES string of the molecule is CC1(C)c2ccccc2-c2c(N(c3ccc(-c4ccc(-c5ccc6c(c5)c5ccccc5n6-c5ccccc5)cc4)cc3)c3cccc4c3oc3ccc5ccccc5c34)cccc21. The van der Waals surface area contributed by atoms with Crippen LogP contribution < -0.4 is 4.90 Å². The Morgan fingerprint density at radius 2 is 1.05 bits per heavy atom. The fraction of sp³-hybridized carbons (Fsp3) is 0.0492. The maximum absolute atomic E-state index is 6.91. The highest BCUT2D eigenvalue weighted by atomic mass is 16.3. The molecule has 0 spiro atoms. The second kappa shape index (κ2) is 13.9. The zero-order valence-corrected chi connectivity index (χ0v) is 35.6. The topological polar surface area (TPSA) is 21.3 Å². The molecule has 0 saturated carbocycles. The van der Waals surface area contributed by atoms with Crippen LogP contribution in [0.3, 0.4) is 0 Å². The minimum Gasteiger partial charge on any atom is -0.454 e. The summed E-state index contributed by atoms with van der Waals surface area (Å²) in [6.45, 7) is 4.69. The number of hydrogen-bond acceptors (Lipinski definition) is 2. The molecule has 0 unspecified atom stereocenters. The molecule has 0 aliphatic heterocycles. The van der Waals surface area contributed by atoms with E-state index in [9.17, 15) is 0 Å². The van der Waals surface area contributed by atoms with E-state index in [4.69, 9.17) is 4.42 Å². The highest BCUT2D eigenvalue weighted by Gasteiger charge is 2.38. The molecule has 0 N–H and O–H groups in total. The Morgan fingerprint density at radius 1 is 0.438 bits per heavy atom. The molecule has 13 rings (SSSR count). The summed E-state index contributed by atoms with van der Waals surface area (Å²) in [7, 11) is 0. The average molecular weight is 819 g/mol. The van der Waals surface area contributed by atoms with Crippen LogP contribution in [0.5, 0.6) is 0 Å². The van der Waals surface area contributed by atoms with Crippen LogP contribution in [-0.4, -0.2) is 4.57 Å². The minimum atomic E-state index is -0.138. The van der Waals surface area contributed by atoms with Gasteiger partial charge < -0.3 is 13.9 Å². The number of nitrogens with zero attached hydrogens (tertiary/aromatic N) is 2. The van der Waals surface area contributed by atoms with E-state index in [1.54, 1.807) is 0 Å². The number of rotatable bonds is 6. The summed E-state index contributed by atoms with van der Waals surface area (Å²) in [5.74, 6) is 0. The Morgan fingerprint density at radius 3 is 1.88 bits per heavy atom. The van der Waals surface area contributed by atoms with Gasteiger partial charge in [-0.2, -0.15) is 0 Å². The summed E-state index contributed by atoms with van der Waals surface area (Å²) >= 11 is 0. The molecule has 2 aromatic heterocycles. The van der Waals surface area contributed by atoms with Crippen LogP contribution in [0, 0.1) is 0 Å². The molecule has 0 fully saturated rings. The highest BCUT2D eigenvalue weighted by Crippen LogP contribution is 2.55. The number of anilines is 3.